The predicted octanol–water partition coefficient (Wildman–Crippen LogP) is -0.976. The first-order chi connectivity index (χ1) is 11.4. The first-order valence-corrected chi connectivity index (χ1v) is 8.86. The Labute approximate surface area is 145 Å². The van der Waals surface area contributed by atoms with Gasteiger partial charge in [0, 0.05) is 5.56 Å². The van der Waals surface area contributed by atoms with E-state index >= 15 is 0 Å². The molecule has 1 saturated heterocycles. The Morgan fingerprint density at radius 3 is 2.33 bits per heavy atom. The smallest absolute Gasteiger partial charge is 0.276 e. The number of carbonyl (C=O) groups is 1. The van der Waals surface area contributed by atoms with Gasteiger partial charge in [0.2, 0.25) is 0 Å². The number of nitrogens with zero attached hydrogens (tertiary/aromatic N) is 1. The highest BCUT2D eigenvalue weighted by molar-refractivity contribution is 5.78. The van der Waals surface area contributed by atoms with E-state index in [4.69, 9.17) is 0 Å². The van der Waals surface area contributed by atoms with Crippen LogP contribution in [0.3, 0.4) is 0 Å². The molecule has 0 aromatic heterocycles. The molecule has 1 aliphatic rings. The molecule has 1 aromatic carbocycles. The molecule has 5 nitrogen and oxygen atoms in total. The molecule has 3 N–H and O–H groups in total. The van der Waals surface area contributed by atoms with Crippen LogP contribution < -0.4 is 15.1 Å². The van der Waals surface area contributed by atoms with Gasteiger partial charge in [0.05, 0.1) is 6.07 Å². The monoisotopic (exact) mass is 330 g/mol. The third-order valence-corrected chi connectivity index (χ3v) is 5.16. The fourth-order valence-corrected chi connectivity index (χ4v) is 3.06. The van der Waals surface area contributed by atoms with Gasteiger partial charge < -0.3 is 15.1 Å². The van der Waals surface area contributed by atoms with E-state index in [9.17, 15) is 10.1 Å². The number of hydrogen-bond donors (Lipinski definition) is 3. The van der Waals surface area contributed by atoms with E-state index in [1.807, 2.05) is 19.9 Å². The molecule has 24 heavy (non-hydrogen) atoms. The van der Waals surface area contributed by atoms with Crippen LogP contribution in [0.1, 0.15) is 26.3 Å². The van der Waals surface area contributed by atoms with Gasteiger partial charge in [-0.15, -0.1) is 0 Å². The second-order valence-electron chi connectivity index (χ2n) is 7.36. The number of nitrogens with one attached hydrogen (secondary N) is 3. The van der Waals surface area contributed by atoms with Crippen molar-refractivity contribution in [3.05, 3.63) is 35.9 Å². The number of quaternary nitrogens is 2. The molecule has 1 aliphatic heterocycles. The van der Waals surface area contributed by atoms with Crippen LogP contribution in [0.25, 0.3) is 0 Å². The number of piperazine rings is 1. The third-order valence-electron chi connectivity index (χ3n) is 5.16. The van der Waals surface area contributed by atoms with Crippen molar-refractivity contribution in [1.29, 1.82) is 5.26 Å². The van der Waals surface area contributed by atoms with E-state index in [-0.39, 0.29) is 11.8 Å². The first-order valence-electron chi connectivity index (χ1n) is 8.86. The highest BCUT2D eigenvalue weighted by atomic mass is 16.2. The summed E-state index contributed by atoms with van der Waals surface area (Å²) in [5.74, 6) is 0.0721. The molecule has 130 valence electrons. The molecule has 0 spiro atoms. The number of rotatable bonds is 6. The highest BCUT2D eigenvalue weighted by Crippen LogP contribution is 2.14. The third kappa shape index (κ3) is 5.05. The van der Waals surface area contributed by atoms with Gasteiger partial charge in [0.1, 0.15) is 38.3 Å². The van der Waals surface area contributed by atoms with Crippen LogP contribution in [0, 0.1) is 17.2 Å². The zero-order valence-corrected chi connectivity index (χ0v) is 15.1. The van der Waals surface area contributed by atoms with Gasteiger partial charge in [0.25, 0.3) is 5.91 Å². The Hall–Kier alpha value is -1.90. The average molecular weight is 330 g/mol. The Kier molecular flexibility index (Phi) is 6.36. The fraction of sp³-hybridized carbons (Fsp3) is 0.579. The lowest BCUT2D eigenvalue weighted by Gasteiger charge is -2.31. The van der Waals surface area contributed by atoms with E-state index in [1.54, 1.807) is 11.8 Å². The number of carbonyl (C=O) groups excluding carboxylic acids is 1. The molecule has 1 atom stereocenters. The minimum absolute atomic E-state index is 0.0192. The number of benzene rings is 1. The van der Waals surface area contributed by atoms with Crippen molar-refractivity contribution in [1.82, 2.24) is 5.32 Å². The highest BCUT2D eigenvalue weighted by Gasteiger charge is 2.32. The molecule has 2 rings (SSSR count). The van der Waals surface area contributed by atoms with Crippen LogP contribution in [0.4, 0.5) is 0 Å². The lowest BCUT2D eigenvalue weighted by Crippen LogP contribution is -3.28. The van der Waals surface area contributed by atoms with Crippen molar-refractivity contribution in [3.8, 4) is 6.07 Å². The summed E-state index contributed by atoms with van der Waals surface area (Å²) in [6.07, 6.45) is 0. The van der Waals surface area contributed by atoms with Gasteiger partial charge in [-0.3, -0.25) is 4.79 Å². The molecule has 1 fully saturated rings. The lowest BCUT2D eigenvalue weighted by atomic mass is 9.90. The van der Waals surface area contributed by atoms with Gasteiger partial charge in [0.15, 0.2) is 6.54 Å². The molecule has 0 unspecified atom stereocenters. The quantitative estimate of drug-likeness (QED) is 0.628. The summed E-state index contributed by atoms with van der Waals surface area (Å²) in [6, 6.07) is 12.8. The second-order valence-corrected chi connectivity index (χ2v) is 7.36. The van der Waals surface area contributed by atoms with E-state index in [1.165, 1.54) is 10.5 Å². The van der Waals surface area contributed by atoms with Crippen LogP contribution in [-0.2, 0) is 11.3 Å². The van der Waals surface area contributed by atoms with Crippen LogP contribution >= 0.6 is 0 Å². The molecule has 1 heterocycles. The summed E-state index contributed by atoms with van der Waals surface area (Å²) in [5.41, 5.74) is 0.590. The topological polar surface area (TPSA) is 61.8 Å². The Morgan fingerprint density at radius 2 is 1.79 bits per heavy atom. The lowest BCUT2D eigenvalue weighted by molar-refractivity contribution is -1.02. The maximum Gasteiger partial charge on any atom is 0.276 e. The molecular formula is C19H30N4O+2. The first kappa shape index (κ1) is 18.4. The summed E-state index contributed by atoms with van der Waals surface area (Å²) >= 11 is 0. The van der Waals surface area contributed by atoms with E-state index in [0.717, 1.165) is 32.7 Å². The van der Waals surface area contributed by atoms with E-state index < -0.39 is 5.54 Å². The van der Waals surface area contributed by atoms with E-state index in [2.05, 4.69) is 35.7 Å². The van der Waals surface area contributed by atoms with Gasteiger partial charge >= 0.3 is 0 Å². The van der Waals surface area contributed by atoms with Crippen molar-refractivity contribution in [3.63, 3.8) is 0 Å². The molecule has 5 heteroatoms. The largest absolute Gasteiger partial charge is 0.333 e. The summed E-state index contributed by atoms with van der Waals surface area (Å²) in [4.78, 5) is 15.2. The second kappa shape index (κ2) is 8.27. The van der Waals surface area contributed by atoms with E-state index in [0.29, 0.717) is 6.54 Å². The number of nitriles is 1. The van der Waals surface area contributed by atoms with Crippen molar-refractivity contribution in [2.45, 2.75) is 32.9 Å². The van der Waals surface area contributed by atoms with Crippen LogP contribution in [0.15, 0.2) is 30.3 Å². The molecule has 0 bridgehead atoms. The van der Waals surface area contributed by atoms with Gasteiger partial charge in [-0.1, -0.05) is 44.2 Å². The van der Waals surface area contributed by atoms with Gasteiger partial charge in [-0.05, 0) is 12.8 Å². The summed E-state index contributed by atoms with van der Waals surface area (Å²) < 4.78 is 0. The van der Waals surface area contributed by atoms with Crippen LogP contribution in [0.2, 0.25) is 0 Å². The SMILES string of the molecule is CC(C)[C@@](C)(C#N)NC(=O)C[NH+]1CC[NH+](Cc2ccccc2)CC1. The van der Waals surface area contributed by atoms with Crippen molar-refractivity contribution >= 4 is 5.91 Å². The maximum absolute atomic E-state index is 12.3. The Bertz CT molecular complexity index is 573. The molecular weight excluding hydrogens is 300 g/mol. The Morgan fingerprint density at radius 1 is 1.21 bits per heavy atom. The molecule has 0 radical (unpaired) electrons. The van der Waals surface area contributed by atoms with Crippen molar-refractivity contribution in [2.24, 2.45) is 5.92 Å². The van der Waals surface area contributed by atoms with Gasteiger partial charge in [-0.25, -0.2) is 0 Å². The van der Waals surface area contributed by atoms with Crippen LogP contribution in [-0.4, -0.2) is 44.2 Å². The normalized spacial score (nSPS) is 23.3. The van der Waals surface area contributed by atoms with Gasteiger partial charge in [-0.2, -0.15) is 5.26 Å². The number of amides is 1. The maximum atomic E-state index is 12.3. The zero-order valence-electron chi connectivity index (χ0n) is 15.1. The Balaban J connectivity index is 1.77. The minimum atomic E-state index is -0.781. The standard InChI is InChI=1S/C19H28N4O/c1-16(2)19(3,15-20)21-18(24)14-23-11-9-22(10-12-23)13-17-7-5-4-6-8-17/h4-8,16H,9-14H2,1-3H3,(H,21,24)/p+2/t19-/m1/s1. The van der Waals surface area contributed by atoms with Crippen LogP contribution in [0.5, 0.6) is 0 Å². The molecule has 0 saturated carbocycles. The zero-order chi connectivity index (χ0) is 17.6. The molecule has 1 aromatic rings. The average Bonchev–Trinajstić information content (AvgIpc) is 2.57. The predicted molar refractivity (Wildman–Crippen MR) is 93.4 cm³/mol. The van der Waals surface area contributed by atoms with Crippen molar-refractivity contribution < 1.29 is 14.6 Å². The summed E-state index contributed by atoms with van der Waals surface area (Å²) in [5, 5.41) is 12.2. The van der Waals surface area contributed by atoms with Crippen molar-refractivity contribution in [2.75, 3.05) is 32.7 Å². The number of hydrogen-bond acceptors (Lipinski definition) is 2. The fourth-order valence-electron chi connectivity index (χ4n) is 3.06. The molecule has 1 amide bonds. The minimum Gasteiger partial charge on any atom is -0.333 e. The summed E-state index contributed by atoms with van der Waals surface area (Å²) in [7, 11) is 0. The molecule has 0 aliphatic carbocycles. The summed E-state index contributed by atoms with van der Waals surface area (Å²) in [6.45, 7) is 11.4.